The first-order chi connectivity index (χ1) is 11.0. The zero-order valence-electron chi connectivity index (χ0n) is 14.7. The number of hydrogen-bond acceptors (Lipinski definition) is 4. The summed E-state index contributed by atoms with van der Waals surface area (Å²) in [6.45, 7) is 10.2. The summed E-state index contributed by atoms with van der Waals surface area (Å²) in [7, 11) is 2.13. The van der Waals surface area contributed by atoms with Gasteiger partial charge < -0.3 is 10.2 Å². The van der Waals surface area contributed by atoms with E-state index in [4.69, 9.17) is 0 Å². The smallest absolute Gasteiger partial charge is 0.237 e. The number of likely N-dealkylation sites (N-methyl/N-ethyl adjacent to an activating group) is 1. The van der Waals surface area contributed by atoms with Crippen molar-refractivity contribution in [1.29, 1.82) is 0 Å². The Kier molecular flexibility index (Phi) is 6.93. The summed E-state index contributed by atoms with van der Waals surface area (Å²) < 4.78 is 0. The van der Waals surface area contributed by atoms with Crippen LogP contribution in [0.5, 0.6) is 0 Å². The van der Waals surface area contributed by atoms with Crippen LogP contribution in [0.1, 0.15) is 19.4 Å². The molecule has 2 rings (SSSR count). The average Bonchev–Trinajstić information content (AvgIpc) is 2.54. The molecule has 2 atom stereocenters. The molecule has 128 valence electrons. The molecule has 23 heavy (non-hydrogen) atoms. The van der Waals surface area contributed by atoms with Crippen molar-refractivity contribution < 1.29 is 4.79 Å². The highest BCUT2D eigenvalue weighted by molar-refractivity contribution is 7.99. The lowest BCUT2D eigenvalue weighted by molar-refractivity contribution is -0.127. The van der Waals surface area contributed by atoms with Gasteiger partial charge in [-0.25, -0.2) is 0 Å². The second kappa shape index (κ2) is 8.71. The van der Waals surface area contributed by atoms with Gasteiger partial charge in [-0.15, -0.1) is 11.8 Å². The molecule has 1 amide bonds. The molecule has 0 radical (unpaired) electrons. The lowest BCUT2D eigenvalue weighted by Gasteiger charge is -2.36. The van der Waals surface area contributed by atoms with Crippen LogP contribution in [0.3, 0.4) is 0 Å². The quantitative estimate of drug-likeness (QED) is 0.809. The molecule has 4 nitrogen and oxygen atoms in total. The van der Waals surface area contributed by atoms with Crippen molar-refractivity contribution >= 4 is 17.7 Å². The third-order valence-electron chi connectivity index (χ3n) is 4.37. The molecule has 0 aliphatic carbocycles. The molecule has 0 aromatic heterocycles. The number of nitrogens with one attached hydrogen (secondary N) is 1. The van der Waals surface area contributed by atoms with Crippen molar-refractivity contribution in [3.63, 3.8) is 0 Å². The standard InChI is InChI=1S/C18H29N3OS/c1-14-5-7-17(8-6-14)23-13-15(2)19-18(22)16(3)21-11-9-20(4)10-12-21/h5-8,15-16H,9-13H2,1-4H3,(H,19,22)/t15-,16-/m1/s1. The topological polar surface area (TPSA) is 35.6 Å². The Morgan fingerprint density at radius 3 is 2.39 bits per heavy atom. The fraction of sp³-hybridized carbons (Fsp3) is 0.611. The SMILES string of the molecule is Cc1ccc(SC[C@@H](C)NC(=O)[C@@H](C)N2CCN(C)CC2)cc1. The molecule has 1 aliphatic rings. The summed E-state index contributed by atoms with van der Waals surface area (Å²) in [4.78, 5) is 18.2. The number of piperazine rings is 1. The number of aryl methyl sites for hydroxylation is 1. The van der Waals surface area contributed by atoms with Crippen molar-refractivity contribution in [1.82, 2.24) is 15.1 Å². The van der Waals surface area contributed by atoms with Crippen LogP contribution >= 0.6 is 11.8 Å². The Bertz CT molecular complexity index is 497. The highest BCUT2D eigenvalue weighted by Crippen LogP contribution is 2.19. The Morgan fingerprint density at radius 1 is 1.17 bits per heavy atom. The van der Waals surface area contributed by atoms with Crippen molar-refractivity contribution in [2.75, 3.05) is 39.0 Å². The third kappa shape index (κ3) is 5.83. The van der Waals surface area contributed by atoms with Gasteiger partial charge >= 0.3 is 0 Å². The minimum absolute atomic E-state index is 0.0458. The number of nitrogens with zero attached hydrogens (tertiary/aromatic N) is 2. The van der Waals surface area contributed by atoms with Gasteiger partial charge in [-0.05, 0) is 40.0 Å². The number of thioether (sulfide) groups is 1. The van der Waals surface area contributed by atoms with E-state index in [9.17, 15) is 4.79 Å². The van der Waals surface area contributed by atoms with E-state index in [-0.39, 0.29) is 18.0 Å². The van der Waals surface area contributed by atoms with Gasteiger partial charge in [-0.3, -0.25) is 9.69 Å². The molecule has 1 aromatic carbocycles. The minimum Gasteiger partial charge on any atom is -0.351 e. The summed E-state index contributed by atoms with van der Waals surface area (Å²) in [6.07, 6.45) is 0. The number of hydrogen-bond donors (Lipinski definition) is 1. The molecule has 1 N–H and O–H groups in total. The lowest BCUT2D eigenvalue weighted by Crippen LogP contribution is -2.54. The largest absolute Gasteiger partial charge is 0.351 e. The molecule has 0 saturated carbocycles. The molecular weight excluding hydrogens is 306 g/mol. The monoisotopic (exact) mass is 335 g/mol. The first-order valence-corrected chi connectivity index (χ1v) is 9.36. The predicted molar refractivity (Wildman–Crippen MR) is 98.0 cm³/mol. The molecule has 1 saturated heterocycles. The molecule has 0 spiro atoms. The van der Waals surface area contributed by atoms with Crippen molar-refractivity contribution in [2.24, 2.45) is 0 Å². The van der Waals surface area contributed by atoms with Gasteiger partial charge in [0.15, 0.2) is 0 Å². The van der Waals surface area contributed by atoms with E-state index in [0.29, 0.717) is 0 Å². The maximum Gasteiger partial charge on any atom is 0.237 e. The van der Waals surface area contributed by atoms with E-state index in [1.54, 1.807) is 11.8 Å². The predicted octanol–water partition coefficient (Wildman–Crippen LogP) is 2.23. The maximum absolute atomic E-state index is 12.4. The van der Waals surface area contributed by atoms with Gasteiger partial charge in [0, 0.05) is 42.9 Å². The summed E-state index contributed by atoms with van der Waals surface area (Å²) >= 11 is 1.79. The Balaban J connectivity index is 1.74. The molecule has 1 aromatic rings. The first-order valence-electron chi connectivity index (χ1n) is 8.38. The van der Waals surface area contributed by atoms with Crippen LogP contribution in [0, 0.1) is 6.92 Å². The van der Waals surface area contributed by atoms with Crippen LogP contribution in [0.4, 0.5) is 0 Å². The average molecular weight is 336 g/mol. The van der Waals surface area contributed by atoms with E-state index >= 15 is 0 Å². The second-order valence-electron chi connectivity index (χ2n) is 6.55. The second-order valence-corrected chi connectivity index (χ2v) is 7.64. The van der Waals surface area contributed by atoms with Crippen LogP contribution < -0.4 is 5.32 Å². The van der Waals surface area contributed by atoms with Crippen LogP contribution in [-0.4, -0.2) is 66.8 Å². The summed E-state index contributed by atoms with van der Waals surface area (Å²) in [5.41, 5.74) is 1.27. The van der Waals surface area contributed by atoms with E-state index in [2.05, 4.69) is 60.3 Å². The van der Waals surface area contributed by atoms with E-state index in [1.165, 1.54) is 10.5 Å². The zero-order chi connectivity index (χ0) is 16.8. The van der Waals surface area contributed by atoms with Gasteiger partial charge in [-0.2, -0.15) is 0 Å². The van der Waals surface area contributed by atoms with Crippen molar-refractivity contribution in [3.8, 4) is 0 Å². The highest BCUT2D eigenvalue weighted by atomic mass is 32.2. The lowest BCUT2D eigenvalue weighted by atomic mass is 10.2. The van der Waals surface area contributed by atoms with Crippen LogP contribution in [0.25, 0.3) is 0 Å². The van der Waals surface area contributed by atoms with Crippen molar-refractivity contribution in [3.05, 3.63) is 29.8 Å². The van der Waals surface area contributed by atoms with E-state index < -0.39 is 0 Å². The molecule has 5 heteroatoms. The molecular formula is C18H29N3OS. The first kappa shape index (κ1) is 18.3. The normalized spacial score (nSPS) is 19.3. The number of rotatable bonds is 6. The Morgan fingerprint density at radius 2 is 1.78 bits per heavy atom. The highest BCUT2D eigenvalue weighted by Gasteiger charge is 2.25. The van der Waals surface area contributed by atoms with Gasteiger partial charge in [0.05, 0.1) is 6.04 Å². The fourth-order valence-electron chi connectivity index (χ4n) is 2.64. The summed E-state index contributed by atoms with van der Waals surface area (Å²) in [6, 6.07) is 8.66. The molecule has 1 aliphatic heterocycles. The van der Waals surface area contributed by atoms with Crippen LogP contribution in [-0.2, 0) is 4.79 Å². The van der Waals surface area contributed by atoms with Gasteiger partial charge in [-0.1, -0.05) is 17.7 Å². The fourth-order valence-corrected chi connectivity index (χ4v) is 3.49. The van der Waals surface area contributed by atoms with E-state index in [1.807, 2.05) is 6.92 Å². The number of amides is 1. The Hall–Kier alpha value is -1.04. The van der Waals surface area contributed by atoms with Gasteiger partial charge in [0.25, 0.3) is 0 Å². The number of carbonyl (C=O) groups excluding carboxylic acids is 1. The molecule has 1 heterocycles. The molecule has 0 bridgehead atoms. The zero-order valence-corrected chi connectivity index (χ0v) is 15.5. The number of benzene rings is 1. The van der Waals surface area contributed by atoms with Crippen LogP contribution in [0.15, 0.2) is 29.2 Å². The minimum atomic E-state index is -0.0458. The maximum atomic E-state index is 12.4. The van der Waals surface area contributed by atoms with Crippen molar-refractivity contribution in [2.45, 2.75) is 37.8 Å². The molecule has 1 fully saturated rings. The van der Waals surface area contributed by atoms with E-state index in [0.717, 1.165) is 31.9 Å². The van der Waals surface area contributed by atoms with Gasteiger partial charge in [0.1, 0.15) is 0 Å². The molecule has 0 unspecified atom stereocenters. The van der Waals surface area contributed by atoms with Crippen LogP contribution in [0.2, 0.25) is 0 Å². The Labute approximate surface area is 144 Å². The van der Waals surface area contributed by atoms with Gasteiger partial charge in [0.2, 0.25) is 5.91 Å². The number of carbonyl (C=O) groups is 1. The third-order valence-corrected chi connectivity index (χ3v) is 5.65. The summed E-state index contributed by atoms with van der Waals surface area (Å²) in [5.74, 6) is 1.04. The summed E-state index contributed by atoms with van der Waals surface area (Å²) in [5, 5.41) is 3.15.